The fraction of sp³-hybridized carbons (Fsp3) is 0.273. The van der Waals surface area contributed by atoms with Crippen LogP contribution in [0.25, 0.3) is 11.3 Å². The van der Waals surface area contributed by atoms with E-state index in [0.717, 1.165) is 47.7 Å². The molecule has 3 aromatic rings. The SMILES string of the molecule is Cc1ccc(NC(=O)C[n+]2cc(-c3ccc(F)cc3)n3c2CCC3)cc1C.[Cl-]. The largest absolute Gasteiger partial charge is 1.00 e. The van der Waals surface area contributed by atoms with Gasteiger partial charge in [0.1, 0.15) is 12.0 Å². The number of benzene rings is 2. The van der Waals surface area contributed by atoms with E-state index >= 15 is 0 Å². The van der Waals surface area contributed by atoms with Gasteiger partial charge in [-0.3, -0.25) is 4.79 Å². The Kier molecular flexibility index (Phi) is 5.84. The molecule has 0 aliphatic carbocycles. The highest BCUT2D eigenvalue weighted by Gasteiger charge is 2.29. The molecule has 0 spiro atoms. The molecule has 1 aliphatic rings. The number of fused-ring (bicyclic) bond motifs is 1. The minimum Gasteiger partial charge on any atom is -1.00 e. The van der Waals surface area contributed by atoms with Crippen molar-refractivity contribution in [3.8, 4) is 11.3 Å². The van der Waals surface area contributed by atoms with E-state index in [-0.39, 0.29) is 30.7 Å². The summed E-state index contributed by atoms with van der Waals surface area (Å²) < 4.78 is 17.5. The molecule has 0 saturated carbocycles. The minimum absolute atomic E-state index is 0. The van der Waals surface area contributed by atoms with E-state index in [4.69, 9.17) is 0 Å². The second-order valence-corrected chi connectivity index (χ2v) is 7.17. The molecule has 1 aromatic heterocycles. The zero-order valence-corrected chi connectivity index (χ0v) is 16.8. The summed E-state index contributed by atoms with van der Waals surface area (Å²) in [6.07, 6.45) is 4.00. The van der Waals surface area contributed by atoms with E-state index in [1.807, 2.05) is 35.9 Å². The van der Waals surface area contributed by atoms with Crippen LogP contribution in [0.5, 0.6) is 0 Å². The van der Waals surface area contributed by atoms with Crippen LogP contribution < -0.4 is 22.3 Å². The second-order valence-electron chi connectivity index (χ2n) is 7.17. The van der Waals surface area contributed by atoms with Gasteiger partial charge in [0.2, 0.25) is 0 Å². The van der Waals surface area contributed by atoms with Gasteiger partial charge in [-0.15, -0.1) is 0 Å². The third kappa shape index (κ3) is 3.94. The Balaban J connectivity index is 0.00000225. The van der Waals surface area contributed by atoms with E-state index in [9.17, 15) is 9.18 Å². The smallest absolute Gasteiger partial charge is 0.266 e. The van der Waals surface area contributed by atoms with Gasteiger partial charge in [-0.2, -0.15) is 0 Å². The van der Waals surface area contributed by atoms with Gasteiger partial charge < -0.3 is 17.7 Å². The number of hydrogen-bond donors (Lipinski definition) is 1. The van der Waals surface area contributed by atoms with Crippen molar-refractivity contribution in [2.75, 3.05) is 5.32 Å². The van der Waals surface area contributed by atoms with Crippen molar-refractivity contribution >= 4 is 11.6 Å². The van der Waals surface area contributed by atoms with Crippen LogP contribution in [0.4, 0.5) is 10.1 Å². The summed E-state index contributed by atoms with van der Waals surface area (Å²) in [6.45, 7) is 5.28. The van der Waals surface area contributed by atoms with Crippen LogP contribution >= 0.6 is 0 Å². The molecule has 4 rings (SSSR count). The van der Waals surface area contributed by atoms with Crippen LogP contribution in [0.3, 0.4) is 0 Å². The fourth-order valence-corrected chi connectivity index (χ4v) is 3.67. The van der Waals surface area contributed by atoms with Crippen LogP contribution in [0.15, 0.2) is 48.7 Å². The van der Waals surface area contributed by atoms with Gasteiger partial charge in [-0.1, -0.05) is 6.07 Å². The first-order chi connectivity index (χ1) is 13.0. The average Bonchev–Trinajstić information content (AvgIpc) is 3.23. The van der Waals surface area contributed by atoms with Gasteiger partial charge >= 0.3 is 0 Å². The lowest BCUT2D eigenvalue weighted by atomic mass is 10.1. The number of aryl methyl sites for hydroxylation is 2. The monoisotopic (exact) mass is 399 g/mol. The highest BCUT2D eigenvalue weighted by atomic mass is 35.5. The number of anilines is 1. The third-order valence-corrected chi connectivity index (χ3v) is 5.24. The summed E-state index contributed by atoms with van der Waals surface area (Å²) in [6, 6.07) is 12.5. The number of halogens is 2. The molecule has 6 heteroatoms. The van der Waals surface area contributed by atoms with E-state index < -0.39 is 0 Å². The molecule has 1 N–H and O–H groups in total. The molecule has 28 heavy (non-hydrogen) atoms. The van der Waals surface area contributed by atoms with Gasteiger partial charge in [0.05, 0.1) is 13.0 Å². The van der Waals surface area contributed by atoms with Gasteiger partial charge in [0.15, 0.2) is 12.2 Å². The number of rotatable bonds is 4. The first kappa shape index (κ1) is 20.1. The summed E-state index contributed by atoms with van der Waals surface area (Å²) in [5.74, 6) is 0.853. The maximum absolute atomic E-state index is 13.2. The van der Waals surface area contributed by atoms with E-state index in [0.29, 0.717) is 0 Å². The van der Waals surface area contributed by atoms with Crippen molar-refractivity contribution in [2.45, 2.75) is 39.8 Å². The number of carbonyl (C=O) groups excluding carboxylic acids is 1. The van der Waals surface area contributed by atoms with Crippen molar-refractivity contribution in [2.24, 2.45) is 0 Å². The lowest BCUT2D eigenvalue weighted by molar-refractivity contribution is -0.690. The summed E-state index contributed by atoms with van der Waals surface area (Å²) in [4.78, 5) is 12.6. The number of amides is 1. The van der Waals surface area contributed by atoms with Crippen molar-refractivity contribution < 1.29 is 26.2 Å². The van der Waals surface area contributed by atoms with Gasteiger partial charge in [-0.25, -0.2) is 13.5 Å². The fourth-order valence-electron chi connectivity index (χ4n) is 3.67. The van der Waals surface area contributed by atoms with Crippen LogP contribution in [0, 0.1) is 19.7 Å². The van der Waals surface area contributed by atoms with Crippen LogP contribution in [0.1, 0.15) is 23.4 Å². The number of nitrogens with zero attached hydrogens (tertiary/aromatic N) is 2. The summed E-state index contributed by atoms with van der Waals surface area (Å²) >= 11 is 0. The maximum Gasteiger partial charge on any atom is 0.266 e. The number of aromatic nitrogens is 2. The molecule has 1 aliphatic heterocycles. The van der Waals surface area contributed by atoms with Gasteiger partial charge in [0, 0.05) is 11.3 Å². The predicted octanol–water partition coefficient (Wildman–Crippen LogP) is 0.787. The third-order valence-electron chi connectivity index (χ3n) is 5.24. The molecule has 0 unspecified atom stereocenters. The van der Waals surface area contributed by atoms with Crippen molar-refractivity contribution in [1.29, 1.82) is 0 Å². The first-order valence-electron chi connectivity index (χ1n) is 9.26. The molecular formula is C22H23ClFN3O. The predicted molar refractivity (Wildman–Crippen MR) is 103 cm³/mol. The Morgan fingerprint density at radius 3 is 2.61 bits per heavy atom. The van der Waals surface area contributed by atoms with Crippen molar-refractivity contribution in [3.05, 3.63) is 71.4 Å². The zero-order valence-electron chi connectivity index (χ0n) is 16.0. The summed E-state index contributed by atoms with van der Waals surface area (Å²) in [7, 11) is 0. The van der Waals surface area contributed by atoms with E-state index in [2.05, 4.69) is 16.8 Å². The highest BCUT2D eigenvalue weighted by Crippen LogP contribution is 2.25. The Hall–Kier alpha value is -2.66. The number of carbonyl (C=O) groups is 1. The number of imidazole rings is 1. The lowest BCUT2D eigenvalue weighted by Gasteiger charge is -2.07. The van der Waals surface area contributed by atoms with Crippen molar-refractivity contribution in [1.82, 2.24) is 4.57 Å². The first-order valence-corrected chi connectivity index (χ1v) is 9.26. The molecule has 146 valence electrons. The minimum atomic E-state index is -0.243. The van der Waals surface area contributed by atoms with Gasteiger partial charge in [-0.05, 0) is 67.8 Å². The maximum atomic E-state index is 13.2. The standard InChI is InChI=1S/C22H22FN3O.ClH/c1-15-5-10-19(12-16(15)2)24-21(27)14-25-13-20(26-11-3-4-22(25)26)17-6-8-18(23)9-7-17;/h5-10,12-13H,3-4,11,14H2,1-2H3;1H. The van der Waals surface area contributed by atoms with Crippen LogP contribution in [-0.2, 0) is 24.3 Å². The molecule has 2 aromatic carbocycles. The topological polar surface area (TPSA) is 37.9 Å². The molecule has 4 nitrogen and oxygen atoms in total. The molecule has 0 saturated heterocycles. The normalized spacial score (nSPS) is 12.4. The summed E-state index contributed by atoms with van der Waals surface area (Å²) in [5.41, 5.74) is 5.17. The molecule has 0 radical (unpaired) electrons. The molecular weight excluding hydrogens is 377 g/mol. The number of nitrogens with one attached hydrogen (secondary N) is 1. The Labute approximate surface area is 170 Å². The average molecular weight is 400 g/mol. The van der Waals surface area contributed by atoms with Crippen LogP contribution in [-0.4, -0.2) is 10.5 Å². The molecule has 0 atom stereocenters. The summed E-state index contributed by atoms with van der Waals surface area (Å²) in [5, 5.41) is 2.99. The molecule has 0 bridgehead atoms. The quantitative estimate of drug-likeness (QED) is 0.647. The Bertz CT molecular complexity index is 1010. The molecule has 2 heterocycles. The molecule has 0 fully saturated rings. The Morgan fingerprint density at radius 2 is 1.89 bits per heavy atom. The van der Waals surface area contributed by atoms with Gasteiger partial charge in [0.25, 0.3) is 11.7 Å². The Morgan fingerprint density at radius 1 is 1.14 bits per heavy atom. The molecule has 1 amide bonds. The highest BCUT2D eigenvalue weighted by molar-refractivity contribution is 5.89. The number of hydrogen-bond acceptors (Lipinski definition) is 1. The van der Waals surface area contributed by atoms with E-state index in [1.54, 1.807) is 12.1 Å². The second kappa shape index (κ2) is 8.15. The zero-order chi connectivity index (χ0) is 19.0. The van der Waals surface area contributed by atoms with Crippen LogP contribution in [0.2, 0.25) is 0 Å². The van der Waals surface area contributed by atoms with Crippen molar-refractivity contribution in [3.63, 3.8) is 0 Å². The van der Waals surface area contributed by atoms with E-state index in [1.165, 1.54) is 17.7 Å². The lowest BCUT2D eigenvalue weighted by Crippen LogP contribution is -3.00.